The maximum absolute atomic E-state index is 4.59. The predicted molar refractivity (Wildman–Crippen MR) is 74.4 cm³/mol. The van der Waals surface area contributed by atoms with Crippen LogP contribution in [-0.4, -0.2) is 24.0 Å². The minimum absolute atomic E-state index is 0.860. The lowest BCUT2D eigenvalue weighted by atomic mass is 10.3. The number of hydrogen-bond donors (Lipinski definition) is 1. The molecule has 0 bridgehead atoms. The van der Waals surface area contributed by atoms with Crippen molar-refractivity contribution in [2.45, 2.75) is 19.6 Å². The molecule has 3 nitrogen and oxygen atoms in total. The molecule has 2 aromatic heterocycles. The van der Waals surface area contributed by atoms with Gasteiger partial charge in [0.15, 0.2) is 0 Å². The Balaban J connectivity index is 1.86. The van der Waals surface area contributed by atoms with Crippen molar-refractivity contribution in [1.82, 2.24) is 15.2 Å². The van der Waals surface area contributed by atoms with Crippen LogP contribution in [0, 0.1) is 0 Å². The van der Waals surface area contributed by atoms with Crippen molar-refractivity contribution in [3.8, 4) is 0 Å². The highest BCUT2D eigenvalue weighted by molar-refractivity contribution is 7.09. The molecule has 0 aliphatic heterocycles. The molecular formula is C12H17N3S2. The van der Waals surface area contributed by atoms with E-state index in [0.29, 0.717) is 0 Å². The van der Waals surface area contributed by atoms with Crippen molar-refractivity contribution < 1.29 is 0 Å². The summed E-state index contributed by atoms with van der Waals surface area (Å²) in [6.45, 7) is 2.76. The van der Waals surface area contributed by atoms with Gasteiger partial charge in [0.2, 0.25) is 0 Å². The maximum Gasteiger partial charge on any atom is 0.107 e. The summed E-state index contributed by atoms with van der Waals surface area (Å²) in [5.41, 5.74) is 2.54. The summed E-state index contributed by atoms with van der Waals surface area (Å²) < 4.78 is 0. The predicted octanol–water partition coefficient (Wildman–Crippen LogP) is 2.56. The standard InChI is InChI=1S/C12H17N3S2/c1-13-5-12-14-11(9-17-12)7-15(2)6-10-3-4-16-8-10/h3-4,8-9,13H,5-7H2,1-2H3. The van der Waals surface area contributed by atoms with E-state index in [0.717, 1.165) is 30.3 Å². The van der Waals surface area contributed by atoms with Crippen LogP contribution in [-0.2, 0) is 19.6 Å². The second kappa shape index (κ2) is 6.26. The van der Waals surface area contributed by atoms with E-state index >= 15 is 0 Å². The molecule has 17 heavy (non-hydrogen) atoms. The van der Waals surface area contributed by atoms with E-state index in [1.54, 1.807) is 22.7 Å². The molecule has 0 saturated heterocycles. The monoisotopic (exact) mass is 267 g/mol. The molecule has 0 aliphatic rings. The molecule has 2 heterocycles. The highest BCUT2D eigenvalue weighted by Crippen LogP contribution is 2.13. The van der Waals surface area contributed by atoms with Crippen LogP contribution >= 0.6 is 22.7 Å². The molecule has 0 saturated carbocycles. The molecule has 2 rings (SSSR count). The Kier molecular flexibility index (Phi) is 4.67. The zero-order valence-corrected chi connectivity index (χ0v) is 11.8. The third kappa shape index (κ3) is 3.89. The van der Waals surface area contributed by atoms with Gasteiger partial charge in [-0.05, 0) is 36.5 Å². The number of aromatic nitrogens is 1. The first kappa shape index (κ1) is 12.7. The van der Waals surface area contributed by atoms with E-state index in [-0.39, 0.29) is 0 Å². The van der Waals surface area contributed by atoms with Gasteiger partial charge in [0, 0.05) is 25.0 Å². The van der Waals surface area contributed by atoms with Crippen molar-refractivity contribution in [2.75, 3.05) is 14.1 Å². The van der Waals surface area contributed by atoms with Gasteiger partial charge in [-0.15, -0.1) is 11.3 Å². The van der Waals surface area contributed by atoms with E-state index < -0.39 is 0 Å². The molecule has 2 aromatic rings. The topological polar surface area (TPSA) is 28.2 Å². The molecule has 0 aromatic carbocycles. The fourth-order valence-corrected chi connectivity index (χ4v) is 3.14. The average Bonchev–Trinajstić information content (AvgIpc) is 2.91. The highest BCUT2D eigenvalue weighted by atomic mass is 32.1. The van der Waals surface area contributed by atoms with Crippen LogP contribution < -0.4 is 5.32 Å². The maximum atomic E-state index is 4.59. The van der Waals surface area contributed by atoms with E-state index in [2.05, 4.69) is 44.5 Å². The second-order valence-electron chi connectivity index (χ2n) is 4.07. The van der Waals surface area contributed by atoms with Gasteiger partial charge in [0.1, 0.15) is 5.01 Å². The zero-order valence-electron chi connectivity index (χ0n) is 10.1. The molecule has 5 heteroatoms. The van der Waals surface area contributed by atoms with Crippen molar-refractivity contribution in [3.05, 3.63) is 38.5 Å². The third-order valence-electron chi connectivity index (χ3n) is 2.39. The van der Waals surface area contributed by atoms with Gasteiger partial charge in [0.05, 0.1) is 5.69 Å². The van der Waals surface area contributed by atoms with E-state index in [1.165, 1.54) is 5.56 Å². The molecular weight excluding hydrogens is 250 g/mol. The minimum atomic E-state index is 0.860. The van der Waals surface area contributed by atoms with Crippen LogP contribution in [0.15, 0.2) is 22.2 Å². The number of rotatable bonds is 6. The molecule has 92 valence electrons. The highest BCUT2D eigenvalue weighted by Gasteiger charge is 2.05. The lowest BCUT2D eigenvalue weighted by molar-refractivity contribution is 0.316. The summed E-state index contributed by atoms with van der Waals surface area (Å²) in [5.74, 6) is 0. The van der Waals surface area contributed by atoms with Crippen LogP contribution in [0.1, 0.15) is 16.3 Å². The van der Waals surface area contributed by atoms with Gasteiger partial charge in [-0.2, -0.15) is 11.3 Å². The van der Waals surface area contributed by atoms with E-state index in [9.17, 15) is 0 Å². The molecule has 0 fully saturated rings. The first-order valence-corrected chi connectivity index (χ1v) is 7.37. The lowest BCUT2D eigenvalue weighted by Gasteiger charge is -2.13. The SMILES string of the molecule is CNCc1nc(CN(C)Cc2ccsc2)cs1. The average molecular weight is 267 g/mol. The number of nitrogens with one attached hydrogen (secondary N) is 1. The molecule has 0 amide bonds. The van der Waals surface area contributed by atoms with Gasteiger partial charge in [-0.1, -0.05) is 0 Å². The molecule has 0 radical (unpaired) electrons. The lowest BCUT2D eigenvalue weighted by Crippen LogP contribution is -2.17. The Morgan fingerprint density at radius 2 is 2.24 bits per heavy atom. The van der Waals surface area contributed by atoms with Crippen molar-refractivity contribution >= 4 is 22.7 Å². The van der Waals surface area contributed by atoms with Crippen LogP contribution in [0.4, 0.5) is 0 Å². The largest absolute Gasteiger partial charge is 0.314 e. The summed E-state index contributed by atoms with van der Waals surface area (Å²) in [6.07, 6.45) is 0. The van der Waals surface area contributed by atoms with Crippen molar-refractivity contribution in [3.63, 3.8) is 0 Å². The summed E-state index contributed by atoms with van der Waals surface area (Å²) in [7, 11) is 4.08. The Morgan fingerprint density at radius 1 is 1.35 bits per heavy atom. The van der Waals surface area contributed by atoms with Gasteiger partial charge >= 0.3 is 0 Å². The molecule has 0 spiro atoms. The Labute approximate surface area is 110 Å². The van der Waals surface area contributed by atoms with Crippen LogP contribution in [0.5, 0.6) is 0 Å². The summed E-state index contributed by atoms with van der Waals surface area (Å²) in [4.78, 5) is 6.88. The van der Waals surface area contributed by atoms with Gasteiger partial charge in [-0.25, -0.2) is 4.98 Å². The smallest absolute Gasteiger partial charge is 0.107 e. The fraction of sp³-hybridized carbons (Fsp3) is 0.417. The number of hydrogen-bond acceptors (Lipinski definition) is 5. The molecule has 1 N–H and O–H groups in total. The number of thiazole rings is 1. The Bertz CT molecular complexity index is 436. The molecule has 0 atom stereocenters. The van der Waals surface area contributed by atoms with Crippen molar-refractivity contribution in [2.24, 2.45) is 0 Å². The summed E-state index contributed by atoms with van der Waals surface area (Å²) in [6, 6.07) is 2.18. The first-order chi connectivity index (χ1) is 8.28. The van der Waals surface area contributed by atoms with E-state index in [4.69, 9.17) is 0 Å². The zero-order chi connectivity index (χ0) is 12.1. The fourth-order valence-electron chi connectivity index (χ4n) is 1.68. The Hall–Kier alpha value is -0.750. The Morgan fingerprint density at radius 3 is 2.94 bits per heavy atom. The normalized spacial score (nSPS) is 11.2. The number of nitrogens with zero attached hydrogens (tertiary/aromatic N) is 2. The van der Waals surface area contributed by atoms with E-state index in [1.807, 2.05) is 7.05 Å². The van der Waals surface area contributed by atoms with Crippen LogP contribution in [0.3, 0.4) is 0 Å². The van der Waals surface area contributed by atoms with Gasteiger partial charge in [0.25, 0.3) is 0 Å². The van der Waals surface area contributed by atoms with Crippen molar-refractivity contribution in [1.29, 1.82) is 0 Å². The molecule has 0 aliphatic carbocycles. The first-order valence-electron chi connectivity index (χ1n) is 5.55. The van der Waals surface area contributed by atoms with Gasteiger partial charge < -0.3 is 5.32 Å². The van der Waals surface area contributed by atoms with Crippen LogP contribution in [0.2, 0.25) is 0 Å². The molecule has 0 unspecified atom stereocenters. The second-order valence-corrected chi connectivity index (χ2v) is 5.79. The summed E-state index contributed by atoms with van der Waals surface area (Å²) >= 11 is 3.48. The number of thiophene rings is 1. The minimum Gasteiger partial charge on any atom is -0.314 e. The van der Waals surface area contributed by atoms with Crippen LogP contribution in [0.25, 0.3) is 0 Å². The quantitative estimate of drug-likeness (QED) is 0.872. The van der Waals surface area contributed by atoms with Gasteiger partial charge in [-0.3, -0.25) is 4.90 Å². The summed E-state index contributed by atoms with van der Waals surface area (Å²) in [5, 5.41) is 10.8. The third-order valence-corrected chi connectivity index (χ3v) is 4.02.